The molecule has 2 amide bonds. The third-order valence-electron chi connectivity index (χ3n) is 13.6. The highest BCUT2D eigenvalue weighted by atomic mass is 16.4. The van der Waals surface area contributed by atoms with Crippen molar-refractivity contribution in [2.24, 2.45) is 46.3 Å². The predicted octanol–water partition coefficient (Wildman–Crippen LogP) is 6.68. The number of carbonyl (C=O) groups is 3. The van der Waals surface area contributed by atoms with Crippen LogP contribution in [0.5, 0.6) is 0 Å². The molecule has 0 aromatic heterocycles. The number of aliphatic hydroxyl groups excluding tert-OH is 2. The number of nitrogens with one attached hydrogen (secondary N) is 2. The van der Waals surface area contributed by atoms with Gasteiger partial charge >= 0.3 is 5.97 Å². The molecule has 4 saturated carbocycles. The van der Waals surface area contributed by atoms with Gasteiger partial charge in [-0.05, 0) is 134 Å². The van der Waals surface area contributed by atoms with Crippen LogP contribution in [0.2, 0.25) is 0 Å². The number of aliphatic hydroxyl groups is 2. The van der Waals surface area contributed by atoms with Gasteiger partial charge in [0, 0.05) is 18.5 Å². The van der Waals surface area contributed by atoms with E-state index in [1.165, 1.54) is 0 Å². The highest BCUT2D eigenvalue weighted by Crippen LogP contribution is 2.68. The minimum absolute atomic E-state index is 0.00678. The summed E-state index contributed by atoms with van der Waals surface area (Å²) in [5.41, 5.74) is 2.15. The molecule has 1 aromatic carbocycles. The summed E-state index contributed by atoms with van der Waals surface area (Å²) in [6.45, 7) is 13.5. The number of anilines is 1. The third-order valence-corrected chi connectivity index (χ3v) is 13.6. The van der Waals surface area contributed by atoms with E-state index in [0.717, 1.165) is 56.9 Å². The normalized spacial score (nSPS) is 36.3. The maximum atomic E-state index is 13.0. The lowest BCUT2D eigenvalue weighted by Crippen LogP contribution is -2.58. The van der Waals surface area contributed by atoms with Crippen molar-refractivity contribution in [1.82, 2.24) is 5.32 Å². The summed E-state index contributed by atoms with van der Waals surface area (Å²) < 4.78 is 0. The molecule has 5 N–H and O–H groups in total. The average Bonchev–Trinajstić information content (AvgIpc) is 3.35. The summed E-state index contributed by atoms with van der Waals surface area (Å²) in [6, 6.07) is 6.54. The summed E-state index contributed by atoms with van der Waals surface area (Å²) >= 11 is 0. The van der Waals surface area contributed by atoms with Crippen LogP contribution in [-0.2, 0) is 19.8 Å². The molecule has 0 unspecified atom stereocenters. The maximum Gasteiger partial charge on any atom is 0.326 e. The van der Waals surface area contributed by atoms with Gasteiger partial charge in [-0.1, -0.05) is 53.7 Å². The highest BCUT2D eigenvalue weighted by molar-refractivity contribution is 5.91. The standard InChI is InChI=1S/C39H60N2O6/c1-23(7-15-34(45)41-31(36(46)47)14-16-33(44)40-26-10-8-24(9-11-26)37(2,3)4)28-12-13-29-35-30(18-20-39(28,29)6)38(5)19-17-27(42)21-25(38)22-32(35)43/h8-11,23,25,27-32,35,42-43H,7,12-22H2,1-6H3,(H,40,44)(H,41,45)(H,46,47)/t23-,25+,27-,28-,29+,30+,31+,32-,35+,38+,39-/m1/s1. The van der Waals surface area contributed by atoms with Crippen LogP contribution in [0.1, 0.15) is 124 Å². The number of hydrogen-bond acceptors (Lipinski definition) is 5. The van der Waals surface area contributed by atoms with Crippen molar-refractivity contribution in [1.29, 1.82) is 0 Å². The minimum Gasteiger partial charge on any atom is -0.480 e. The van der Waals surface area contributed by atoms with Crippen LogP contribution < -0.4 is 10.6 Å². The van der Waals surface area contributed by atoms with Crippen LogP contribution in [0.4, 0.5) is 5.69 Å². The lowest BCUT2D eigenvalue weighted by Gasteiger charge is -2.62. The van der Waals surface area contributed by atoms with Crippen molar-refractivity contribution in [2.45, 2.75) is 142 Å². The van der Waals surface area contributed by atoms with E-state index in [0.29, 0.717) is 47.6 Å². The maximum absolute atomic E-state index is 13.0. The van der Waals surface area contributed by atoms with E-state index >= 15 is 0 Å². The fourth-order valence-corrected chi connectivity index (χ4v) is 10.8. The molecule has 11 atom stereocenters. The molecule has 8 nitrogen and oxygen atoms in total. The van der Waals surface area contributed by atoms with E-state index in [1.807, 2.05) is 24.3 Å². The van der Waals surface area contributed by atoms with E-state index in [9.17, 15) is 29.7 Å². The third kappa shape index (κ3) is 7.44. The molecule has 0 aliphatic heterocycles. The Kier molecular flexibility index (Phi) is 10.5. The second-order valence-corrected chi connectivity index (χ2v) is 17.3. The first kappa shape index (κ1) is 35.8. The van der Waals surface area contributed by atoms with Gasteiger partial charge in [-0.25, -0.2) is 4.79 Å². The summed E-state index contributed by atoms with van der Waals surface area (Å²) in [7, 11) is 0. The topological polar surface area (TPSA) is 136 Å². The highest BCUT2D eigenvalue weighted by Gasteiger charge is 2.62. The number of aliphatic carboxylic acids is 1. The Morgan fingerprint density at radius 2 is 1.51 bits per heavy atom. The number of fused-ring (bicyclic) bond motifs is 5. The number of amides is 2. The zero-order chi connectivity index (χ0) is 34.3. The summed E-state index contributed by atoms with van der Waals surface area (Å²) in [6.07, 6.45) is 8.45. The Balaban J connectivity index is 1.11. The van der Waals surface area contributed by atoms with Crippen LogP contribution in [0.15, 0.2) is 24.3 Å². The molecule has 8 heteroatoms. The van der Waals surface area contributed by atoms with E-state index < -0.39 is 12.0 Å². The fourth-order valence-electron chi connectivity index (χ4n) is 10.8. The van der Waals surface area contributed by atoms with E-state index in [2.05, 4.69) is 52.2 Å². The van der Waals surface area contributed by atoms with Crippen molar-refractivity contribution in [3.8, 4) is 0 Å². The van der Waals surface area contributed by atoms with Crippen molar-refractivity contribution in [3.05, 3.63) is 29.8 Å². The number of carboxylic acid groups (broad SMARTS) is 1. The number of benzene rings is 1. The van der Waals surface area contributed by atoms with E-state index in [-0.39, 0.29) is 59.5 Å². The molecule has 0 heterocycles. The van der Waals surface area contributed by atoms with Gasteiger partial charge in [0.05, 0.1) is 12.2 Å². The van der Waals surface area contributed by atoms with Crippen molar-refractivity contribution < 1.29 is 29.7 Å². The fraction of sp³-hybridized carbons (Fsp3) is 0.769. The summed E-state index contributed by atoms with van der Waals surface area (Å²) in [5.74, 6) is 0.752. The van der Waals surface area contributed by atoms with Crippen LogP contribution >= 0.6 is 0 Å². The number of hydrogen-bond donors (Lipinski definition) is 5. The Morgan fingerprint density at radius 1 is 0.872 bits per heavy atom. The Morgan fingerprint density at radius 3 is 2.17 bits per heavy atom. The first-order valence-corrected chi connectivity index (χ1v) is 18.3. The monoisotopic (exact) mass is 652 g/mol. The molecule has 0 saturated heterocycles. The number of carboxylic acids is 1. The quantitative estimate of drug-likeness (QED) is 0.191. The second kappa shape index (κ2) is 13.8. The molecule has 0 spiro atoms. The molecule has 4 aliphatic carbocycles. The Labute approximate surface area is 281 Å². The van der Waals surface area contributed by atoms with Crippen LogP contribution in [0.3, 0.4) is 0 Å². The van der Waals surface area contributed by atoms with Gasteiger partial charge in [-0.15, -0.1) is 0 Å². The Hall–Kier alpha value is -2.45. The summed E-state index contributed by atoms with van der Waals surface area (Å²) in [5, 5.41) is 37.2. The van der Waals surface area contributed by atoms with Crippen molar-refractivity contribution in [2.75, 3.05) is 5.32 Å². The molecule has 47 heavy (non-hydrogen) atoms. The van der Waals surface area contributed by atoms with Gasteiger partial charge in [0.1, 0.15) is 6.04 Å². The number of carbonyl (C=O) groups excluding carboxylic acids is 2. The second-order valence-electron chi connectivity index (χ2n) is 17.3. The smallest absolute Gasteiger partial charge is 0.326 e. The molecule has 262 valence electrons. The molecule has 1 aromatic rings. The average molecular weight is 653 g/mol. The molecular formula is C39H60N2O6. The number of rotatable bonds is 10. The molecule has 0 bridgehead atoms. The van der Waals surface area contributed by atoms with E-state index in [4.69, 9.17) is 0 Å². The SMILES string of the molecule is C[C@H](CCC(=O)N[C@@H](CCC(=O)Nc1ccc(C(C)(C)C)cc1)C(=O)O)[C@H]1CC[C@H]2[C@@H]3[C@H](O)C[C@@H]4C[C@H](O)CC[C@]4(C)[C@H]3CC[C@]12C. The first-order valence-electron chi connectivity index (χ1n) is 18.3. The van der Waals surface area contributed by atoms with Crippen LogP contribution in [-0.4, -0.2) is 51.4 Å². The Bertz CT molecular complexity index is 1290. The van der Waals surface area contributed by atoms with E-state index in [1.54, 1.807) is 0 Å². The molecule has 0 radical (unpaired) electrons. The van der Waals surface area contributed by atoms with Gasteiger partial charge in [0.15, 0.2) is 0 Å². The van der Waals surface area contributed by atoms with Gasteiger partial charge < -0.3 is 26.0 Å². The van der Waals surface area contributed by atoms with Gasteiger partial charge in [-0.3, -0.25) is 9.59 Å². The largest absolute Gasteiger partial charge is 0.480 e. The molecule has 4 aliphatic rings. The zero-order valence-corrected chi connectivity index (χ0v) is 29.6. The summed E-state index contributed by atoms with van der Waals surface area (Å²) in [4.78, 5) is 37.5. The molecule has 4 fully saturated rings. The van der Waals surface area contributed by atoms with Gasteiger partial charge in [0.2, 0.25) is 11.8 Å². The lowest BCUT2D eigenvalue weighted by molar-refractivity contribution is -0.174. The predicted molar refractivity (Wildman–Crippen MR) is 184 cm³/mol. The van der Waals surface area contributed by atoms with Gasteiger partial charge in [-0.2, -0.15) is 0 Å². The minimum atomic E-state index is -1.13. The van der Waals surface area contributed by atoms with Crippen LogP contribution in [0.25, 0.3) is 0 Å². The lowest BCUT2D eigenvalue weighted by atomic mass is 9.43. The molecular weight excluding hydrogens is 592 g/mol. The van der Waals surface area contributed by atoms with Gasteiger partial charge in [0.25, 0.3) is 0 Å². The van der Waals surface area contributed by atoms with Crippen molar-refractivity contribution >= 4 is 23.5 Å². The zero-order valence-electron chi connectivity index (χ0n) is 29.6. The van der Waals surface area contributed by atoms with Crippen LogP contribution in [0, 0.1) is 46.3 Å². The first-order chi connectivity index (χ1) is 22.0. The molecule has 5 rings (SSSR count). The van der Waals surface area contributed by atoms with Crippen molar-refractivity contribution in [3.63, 3.8) is 0 Å².